The topological polar surface area (TPSA) is 21.3 Å². The summed E-state index contributed by atoms with van der Waals surface area (Å²) in [5.41, 5.74) is 0. The predicted molar refractivity (Wildman–Crippen MR) is 58.0 cm³/mol. The first-order valence-electron chi connectivity index (χ1n) is 5.45. The smallest absolute Gasteiger partial charge is 0.0587 e. The maximum absolute atomic E-state index is 4.97. The average molecular weight is 187 g/mol. The number of ether oxygens (including phenoxy) is 1. The highest BCUT2D eigenvalue weighted by atomic mass is 16.5. The van der Waals surface area contributed by atoms with Crippen molar-refractivity contribution in [1.82, 2.24) is 5.32 Å². The Balaban J connectivity index is 3.42. The second-order valence-corrected chi connectivity index (χ2v) is 3.75. The van der Waals surface area contributed by atoms with Crippen LogP contribution in [0.2, 0.25) is 0 Å². The molecule has 0 saturated heterocycles. The molecular formula is C11H25NO. The van der Waals surface area contributed by atoms with E-state index in [0.29, 0.717) is 0 Å². The van der Waals surface area contributed by atoms with E-state index in [0.717, 1.165) is 31.5 Å². The van der Waals surface area contributed by atoms with E-state index in [9.17, 15) is 0 Å². The summed E-state index contributed by atoms with van der Waals surface area (Å²) in [7, 11) is 1.74. The maximum Gasteiger partial charge on any atom is 0.0587 e. The van der Waals surface area contributed by atoms with Crippen LogP contribution in [0.3, 0.4) is 0 Å². The molecule has 0 heterocycles. The number of rotatable bonds is 8. The molecule has 0 fully saturated rings. The molecule has 0 aromatic carbocycles. The Bertz CT molecular complexity index is 102. The first kappa shape index (κ1) is 12.9. The van der Waals surface area contributed by atoms with Gasteiger partial charge in [-0.1, -0.05) is 33.6 Å². The zero-order valence-corrected chi connectivity index (χ0v) is 9.60. The minimum atomic E-state index is 0.784. The highest BCUT2D eigenvalue weighted by Gasteiger charge is 2.12. The Morgan fingerprint density at radius 2 is 1.85 bits per heavy atom. The van der Waals surface area contributed by atoms with Crippen molar-refractivity contribution in [2.24, 2.45) is 11.8 Å². The molecule has 0 aromatic heterocycles. The van der Waals surface area contributed by atoms with Gasteiger partial charge in [-0.2, -0.15) is 0 Å². The van der Waals surface area contributed by atoms with Crippen LogP contribution in [-0.4, -0.2) is 26.8 Å². The van der Waals surface area contributed by atoms with Crippen LogP contribution in [0.4, 0.5) is 0 Å². The van der Waals surface area contributed by atoms with Crippen molar-refractivity contribution in [2.45, 2.75) is 33.6 Å². The van der Waals surface area contributed by atoms with Crippen molar-refractivity contribution in [3.63, 3.8) is 0 Å². The first-order chi connectivity index (χ1) is 6.26. The van der Waals surface area contributed by atoms with E-state index in [1.54, 1.807) is 7.11 Å². The summed E-state index contributed by atoms with van der Waals surface area (Å²) in [6.07, 6.45) is 2.59. The van der Waals surface area contributed by atoms with Crippen molar-refractivity contribution in [2.75, 3.05) is 26.8 Å². The second kappa shape index (κ2) is 8.52. The number of methoxy groups -OCH3 is 1. The first-order valence-corrected chi connectivity index (χ1v) is 5.45. The molecule has 0 spiro atoms. The molecule has 2 heteroatoms. The molecule has 1 N–H and O–H groups in total. The molecule has 2 nitrogen and oxygen atoms in total. The van der Waals surface area contributed by atoms with Gasteiger partial charge in [-0.25, -0.2) is 0 Å². The lowest BCUT2D eigenvalue weighted by Crippen LogP contribution is -2.28. The van der Waals surface area contributed by atoms with E-state index in [-0.39, 0.29) is 0 Å². The standard InChI is InChI=1S/C11H25NO/c1-5-11(6-2)10(3)9-12-7-8-13-4/h10-12H,5-9H2,1-4H3. The van der Waals surface area contributed by atoms with Gasteiger partial charge in [-0.15, -0.1) is 0 Å². The van der Waals surface area contributed by atoms with Crippen LogP contribution < -0.4 is 5.32 Å². The number of hydrogen-bond acceptors (Lipinski definition) is 2. The van der Waals surface area contributed by atoms with Crippen molar-refractivity contribution in [3.8, 4) is 0 Å². The summed E-state index contributed by atoms with van der Waals surface area (Å²) >= 11 is 0. The molecule has 0 aromatic rings. The van der Waals surface area contributed by atoms with Gasteiger partial charge in [0.1, 0.15) is 0 Å². The monoisotopic (exact) mass is 187 g/mol. The number of nitrogens with one attached hydrogen (secondary N) is 1. The molecule has 1 atom stereocenters. The molecule has 1 unspecified atom stereocenters. The molecular weight excluding hydrogens is 162 g/mol. The average Bonchev–Trinajstić information content (AvgIpc) is 2.14. The Morgan fingerprint density at radius 1 is 1.23 bits per heavy atom. The van der Waals surface area contributed by atoms with Crippen LogP contribution in [0.5, 0.6) is 0 Å². The molecule has 0 aliphatic heterocycles. The lowest BCUT2D eigenvalue weighted by Gasteiger charge is -2.21. The maximum atomic E-state index is 4.97. The largest absolute Gasteiger partial charge is 0.383 e. The van der Waals surface area contributed by atoms with Gasteiger partial charge in [0.25, 0.3) is 0 Å². The summed E-state index contributed by atoms with van der Waals surface area (Å²) in [6, 6.07) is 0. The van der Waals surface area contributed by atoms with Crippen LogP contribution in [0.25, 0.3) is 0 Å². The third kappa shape index (κ3) is 6.05. The quantitative estimate of drug-likeness (QED) is 0.589. The summed E-state index contributed by atoms with van der Waals surface area (Å²) in [5, 5.41) is 3.41. The molecule has 13 heavy (non-hydrogen) atoms. The molecule has 0 aliphatic carbocycles. The third-order valence-electron chi connectivity index (χ3n) is 2.80. The Morgan fingerprint density at radius 3 is 2.31 bits per heavy atom. The van der Waals surface area contributed by atoms with Gasteiger partial charge in [0.15, 0.2) is 0 Å². The van der Waals surface area contributed by atoms with Gasteiger partial charge in [0.05, 0.1) is 6.61 Å². The lowest BCUT2D eigenvalue weighted by atomic mass is 9.89. The van der Waals surface area contributed by atoms with E-state index < -0.39 is 0 Å². The van der Waals surface area contributed by atoms with Gasteiger partial charge >= 0.3 is 0 Å². The van der Waals surface area contributed by atoms with Crippen molar-refractivity contribution in [1.29, 1.82) is 0 Å². The molecule has 0 amide bonds. The molecule has 0 rings (SSSR count). The van der Waals surface area contributed by atoms with Gasteiger partial charge in [0, 0.05) is 13.7 Å². The van der Waals surface area contributed by atoms with E-state index in [1.807, 2.05) is 0 Å². The molecule has 0 radical (unpaired) electrons. The number of hydrogen-bond donors (Lipinski definition) is 1. The molecule has 0 saturated carbocycles. The predicted octanol–water partition coefficient (Wildman–Crippen LogP) is 2.29. The van der Waals surface area contributed by atoms with E-state index in [2.05, 4.69) is 26.1 Å². The van der Waals surface area contributed by atoms with Crippen LogP contribution >= 0.6 is 0 Å². The zero-order chi connectivity index (χ0) is 10.1. The fraction of sp³-hybridized carbons (Fsp3) is 1.00. The summed E-state index contributed by atoms with van der Waals surface area (Å²) in [4.78, 5) is 0. The third-order valence-corrected chi connectivity index (χ3v) is 2.80. The fourth-order valence-electron chi connectivity index (χ4n) is 1.76. The highest BCUT2D eigenvalue weighted by Crippen LogP contribution is 2.17. The fourth-order valence-corrected chi connectivity index (χ4v) is 1.76. The van der Waals surface area contributed by atoms with Gasteiger partial charge < -0.3 is 10.1 Å². The minimum absolute atomic E-state index is 0.784. The Hall–Kier alpha value is -0.0800. The van der Waals surface area contributed by atoms with Crippen LogP contribution in [0, 0.1) is 11.8 Å². The SMILES string of the molecule is CCC(CC)C(C)CNCCOC. The van der Waals surface area contributed by atoms with Gasteiger partial charge in [-0.05, 0) is 18.4 Å². The van der Waals surface area contributed by atoms with E-state index in [4.69, 9.17) is 4.74 Å². The molecule has 0 bridgehead atoms. The summed E-state index contributed by atoms with van der Waals surface area (Å²) in [6.45, 7) is 9.80. The lowest BCUT2D eigenvalue weighted by molar-refractivity contribution is 0.195. The van der Waals surface area contributed by atoms with Crippen LogP contribution in [0.15, 0.2) is 0 Å². The van der Waals surface area contributed by atoms with Crippen molar-refractivity contribution < 1.29 is 4.74 Å². The highest BCUT2D eigenvalue weighted by molar-refractivity contribution is 4.65. The van der Waals surface area contributed by atoms with Crippen LogP contribution in [0.1, 0.15) is 33.6 Å². The zero-order valence-electron chi connectivity index (χ0n) is 9.60. The summed E-state index contributed by atoms with van der Waals surface area (Å²) < 4.78 is 4.97. The molecule has 0 aliphatic rings. The van der Waals surface area contributed by atoms with E-state index >= 15 is 0 Å². The second-order valence-electron chi connectivity index (χ2n) is 3.75. The van der Waals surface area contributed by atoms with Gasteiger partial charge in [0.2, 0.25) is 0 Å². The van der Waals surface area contributed by atoms with E-state index in [1.165, 1.54) is 12.8 Å². The summed E-state index contributed by atoms with van der Waals surface area (Å²) in [5.74, 6) is 1.65. The normalized spacial score (nSPS) is 13.6. The van der Waals surface area contributed by atoms with Crippen molar-refractivity contribution in [3.05, 3.63) is 0 Å². The van der Waals surface area contributed by atoms with Gasteiger partial charge in [-0.3, -0.25) is 0 Å². The minimum Gasteiger partial charge on any atom is -0.383 e. The Kier molecular flexibility index (Phi) is 8.46. The molecule has 80 valence electrons. The Labute approximate surface area is 83.1 Å². The van der Waals surface area contributed by atoms with Crippen LogP contribution in [-0.2, 0) is 4.74 Å². The van der Waals surface area contributed by atoms with Crippen molar-refractivity contribution >= 4 is 0 Å².